The van der Waals surface area contributed by atoms with Crippen LogP contribution in [0.15, 0.2) is 30.3 Å². The first-order valence-corrected chi connectivity index (χ1v) is 7.94. The van der Waals surface area contributed by atoms with Gasteiger partial charge in [-0.05, 0) is 50.3 Å². The molecule has 21 heavy (non-hydrogen) atoms. The molecule has 2 fully saturated rings. The lowest BCUT2D eigenvalue weighted by Gasteiger charge is -2.38. The molecule has 0 atom stereocenters. The summed E-state index contributed by atoms with van der Waals surface area (Å²) in [5.74, 6) is 0.806. The van der Waals surface area contributed by atoms with Gasteiger partial charge in [-0.1, -0.05) is 30.3 Å². The Kier molecular flexibility index (Phi) is 6.03. The molecule has 2 aliphatic rings. The van der Waals surface area contributed by atoms with Gasteiger partial charge in [-0.15, -0.1) is 12.4 Å². The topological polar surface area (TPSA) is 15.3 Å². The molecule has 2 saturated heterocycles. The second kappa shape index (κ2) is 7.57. The number of likely N-dealkylation sites (tertiary alicyclic amines) is 1. The van der Waals surface area contributed by atoms with Crippen molar-refractivity contribution in [3.63, 3.8) is 0 Å². The number of nitrogens with one attached hydrogen (secondary N) is 1. The molecule has 0 aromatic heterocycles. The minimum absolute atomic E-state index is 0. The smallest absolute Gasteiger partial charge is 0.138 e. The van der Waals surface area contributed by atoms with E-state index in [9.17, 15) is 0 Å². The van der Waals surface area contributed by atoms with Crippen LogP contribution >= 0.6 is 12.4 Å². The van der Waals surface area contributed by atoms with E-state index in [0.29, 0.717) is 12.8 Å². The number of piperidine rings is 2. The molecule has 0 radical (unpaired) electrons. The number of rotatable bonds is 3. The highest BCUT2D eigenvalue weighted by Crippen LogP contribution is 2.37. The van der Waals surface area contributed by atoms with Crippen LogP contribution in [-0.2, 0) is 5.67 Å². The maximum Gasteiger partial charge on any atom is 0.138 e. The Hall–Kier alpha value is -0.640. The van der Waals surface area contributed by atoms with Crippen molar-refractivity contribution in [2.45, 2.75) is 31.4 Å². The second-order valence-corrected chi connectivity index (χ2v) is 6.33. The molecule has 2 aliphatic heterocycles. The zero-order chi connectivity index (χ0) is 13.8. The summed E-state index contributed by atoms with van der Waals surface area (Å²) < 4.78 is 15.0. The van der Waals surface area contributed by atoms with E-state index in [-0.39, 0.29) is 12.4 Å². The van der Waals surface area contributed by atoms with Gasteiger partial charge in [-0.2, -0.15) is 0 Å². The largest absolute Gasteiger partial charge is 0.317 e. The van der Waals surface area contributed by atoms with Gasteiger partial charge in [0, 0.05) is 19.6 Å². The van der Waals surface area contributed by atoms with Crippen LogP contribution in [0.5, 0.6) is 0 Å². The van der Waals surface area contributed by atoms with Gasteiger partial charge in [-0.3, -0.25) is 0 Å². The Morgan fingerprint density at radius 2 is 1.71 bits per heavy atom. The predicted octanol–water partition coefficient (Wildman–Crippen LogP) is 3.37. The van der Waals surface area contributed by atoms with E-state index in [2.05, 4.69) is 10.2 Å². The molecule has 0 amide bonds. The van der Waals surface area contributed by atoms with Crippen LogP contribution in [0.3, 0.4) is 0 Å². The normalized spacial score (nSPS) is 23.5. The molecule has 1 aromatic carbocycles. The lowest BCUT2D eigenvalue weighted by atomic mass is 9.85. The van der Waals surface area contributed by atoms with Gasteiger partial charge in [0.15, 0.2) is 0 Å². The zero-order valence-corrected chi connectivity index (χ0v) is 13.4. The maximum atomic E-state index is 15.0. The first-order chi connectivity index (χ1) is 9.76. The van der Waals surface area contributed by atoms with Crippen molar-refractivity contribution in [2.75, 3.05) is 32.7 Å². The highest BCUT2D eigenvalue weighted by Gasteiger charge is 2.36. The standard InChI is InChI=1S/C17H25FN2.ClH/c18-17(16-4-2-1-3-5-16)8-12-20(13-9-17)14-15-6-10-19-11-7-15;/h1-5,15,19H,6-14H2;1H. The average Bonchev–Trinajstić information content (AvgIpc) is 2.52. The van der Waals surface area contributed by atoms with E-state index in [1.807, 2.05) is 30.3 Å². The molecule has 0 spiro atoms. The summed E-state index contributed by atoms with van der Waals surface area (Å²) in [6.45, 7) is 5.25. The Bertz CT molecular complexity index is 412. The number of halogens is 2. The molecule has 1 N–H and O–H groups in total. The Balaban J connectivity index is 0.00000161. The highest BCUT2D eigenvalue weighted by atomic mass is 35.5. The molecule has 0 saturated carbocycles. The predicted molar refractivity (Wildman–Crippen MR) is 87.7 cm³/mol. The van der Waals surface area contributed by atoms with Crippen molar-refractivity contribution in [3.8, 4) is 0 Å². The quantitative estimate of drug-likeness (QED) is 0.920. The lowest BCUT2D eigenvalue weighted by Crippen LogP contribution is -2.43. The summed E-state index contributed by atoms with van der Waals surface area (Å²) in [7, 11) is 0. The molecule has 3 rings (SSSR count). The Morgan fingerprint density at radius 3 is 2.33 bits per heavy atom. The van der Waals surface area contributed by atoms with Gasteiger partial charge in [0.05, 0.1) is 0 Å². The van der Waals surface area contributed by atoms with Crippen molar-refractivity contribution >= 4 is 12.4 Å². The summed E-state index contributed by atoms with van der Waals surface area (Å²) in [6, 6.07) is 9.71. The van der Waals surface area contributed by atoms with Crippen LogP contribution in [0.2, 0.25) is 0 Å². The molecular weight excluding hydrogens is 287 g/mol. The minimum Gasteiger partial charge on any atom is -0.317 e. The first-order valence-electron chi connectivity index (χ1n) is 7.94. The molecule has 1 aromatic rings. The van der Waals surface area contributed by atoms with Crippen molar-refractivity contribution in [2.24, 2.45) is 5.92 Å². The van der Waals surface area contributed by atoms with Gasteiger partial charge in [0.25, 0.3) is 0 Å². The number of hydrogen-bond donors (Lipinski definition) is 1. The number of alkyl halides is 1. The monoisotopic (exact) mass is 312 g/mol. The molecule has 2 nitrogen and oxygen atoms in total. The van der Waals surface area contributed by atoms with E-state index in [1.54, 1.807) is 0 Å². The van der Waals surface area contributed by atoms with Crippen molar-refractivity contribution in [1.29, 1.82) is 0 Å². The molecule has 0 bridgehead atoms. The van der Waals surface area contributed by atoms with E-state index >= 15 is 4.39 Å². The van der Waals surface area contributed by atoms with Gasteiger partial charge in [0.1, 0.15) is 5.67 Å². The number of hydrogen-bond acceptors (Lipinski definition) is 2. The van der Waals surface area contributed by atoms with Crippen LogP contribution in [0.25, 0.3) is 0 Å². The molecule has 0 aliphatic carbocycles. The molecule has 4 heteroatoms. The van der Waals surface area contributed by atoms with Crippen LogP contribution in [0.4, 0.5) is 4.39 Å². The summed E-state index contributed by atoms with van der Waals surface area (Å²) >= 11 is 0. The molecule has 0 unspecified atom stereocenters. The second-order valence-electron chi connectivity index (χ2n) is 6.33. The summed E-state index contributed by atoms with van der Waals surface area (Å²) in [5.41, 5.74) is -0.243. The minimum atomic E-state index is -1.11. The Morgan fingerprint density at radius 1 is 1.10 bits per heavy atom. The van der Waals surface area contributed by atoms with Crippen molar-refractivity contribution in [1.82, 2.24) is 10.2 Å². The summed E-state index contributed by atoms with van der Waals surface area (Å²) in [5, 5.41) is 3.41. The van der Waals surface area contributed by atoms with Crippen molar-refractivity contribution in [3.05, 3.63) is 35.9 Å². The SMILES string of the molecule is Cl.FC1(c2ccccc2)CCN(CC2CCNCC2)CC1. The van der Waals surface area contributed by atoms with E-state index < -0.39 is 5.67 Å². The van der Waals surface area contributed by atoms with Crippen LogP contribution in [-0.4, -0.2) is 37.6 Å². The molecule has 118 valence electrons. The van der Waals surface area contributed by atoms with E-state index in [4.69, 9.17) is 0 Å². The summed E-state index contributed by atoms with van der Waals surface area (Å²) in [4.78, 5) is 2.47. The van der Waals surface area contributed by atoms with Crippen LogP contribution in [0.1, 0.15) is 31.2 Å². The van der Waals surface area contributed by atoms with E-state index in [0.717, 1.165) is 44.2 Å². The fourth-order valence-electron chi connectivity index (χ4n) is 3.54. The van der Waals surface area contributed by atoms with Crippen LogP contribution < -0.4 is 5.32 Å². The number of nitrogens with zero attached hydrogens (tertiary/aromatic N) is 1. The fourth-order valence-corrected chi connectivity index (χ4v) is 3.54. The third-order valence-electron chi connectivity index (χ3n) is 4.91. The third-order valence-corrected chi connectivity index (χ3v) is 4.91. The van der Waals surface area contributed by atoms with Gasteiger partial charge in [0.2, 0.25) is 0 Å². The lowest BCUT2D eigenvalue weighted by molar-refractivity contribution is 0.0465. The molecular formula is C17H26ClFN2. The van der Waals surface area contributed by atoms with E-state index in [1.165, 1.54) is 12.8 Å². The molecule has 2 heterocycles. The average molecular weight is 313 g/mol. The third kappa shape index (κ3) is 4.18. The van der Waals surface area contributed by atoms with Gasteiger partial charge < -0.3 is 10.2 Å². The zero-order valence-electron chi connectivity index (χ0n) is 12.6. The fraction of sp³-hybridized carbons (Fsp3) is 0.647. The van der Waals surface area contributed by atoms with Gasteiger partial charge in [-0.25, -0.2) is 4.39 Å². The Labute approximate surface area is 133 Å². The maximum absolute atomic E-state index is 15.0. The van der Waals surface area contributed by atoms with Gasteiger partial charge >= 0.3 is 0 Å². The number of benzene rings is 1. The first kappa shape index (κ1) is 16.7. The van der Waals surface area contributed by atoms with Crippen molar-refractivity contribution < 1.29 is 4.39 Å². The van der Waals surface area contributed by atoms with Crippen LogP contribution in [0, 0.1) is 5.92 Å². The summed E-state index contributed by atoms with van der Waals surface area (Å²) in [6.07, 6.45) is 3.83. The highest BCUT2D eigenvalue weighted by molar-refractivity contribution is 5.85.